The van der Waals surface area contributed by atoms with Crippen molar-refractivity contribution < 1.29 is 4.74 Å². The molecular formula is C9H17NO. The van der Waals surface area contributed by atoms with E-state index in [1.54, 1.807) is 0 Å². The lowest BCUT2D eigenvalue weighted by molar-refractivity contribution is 0.183. The van der Waals surface area contributed by atoms with E-state index in [2.05, 4.69) is 5.32 Å². The summed E-state index contributed by atoms with van der Waals surface area (Å²) >= 11 is 0. The minimum Gasteiger partial charge on any atom is -0.381 e. The third kappa shape index (κ3) is 1.94. The lowest BCUT2D eigenvalue weighted by Gasteiger charge is -2.27. The Kier molecular flexibility index (Phi) is 2.44. The molecule has 2 fully saturated rings. The number of hydrogen-bond acceptors (Lipinski definition) is 2. The van der Waals surface area contributed by atoms with Crippen LogP contribution in [0.1, 0.15) is 25.7 Å². The fraction of sp³-hybridized carbons (Fsp3) is 1.00. The summed E-state index contributed by atoms with van der Waals surface area (Å²) in [5.74, 6) is 0.801. The smallest absolute Gasteiger partial charge is 0.0507 e. The van der Waals surface area contributed by atoms with E-state index < -0.39 is 0 Å². The molecule has 1 saturated carbocycles. The molecule has 0 aromatic rings. The molecule has 1 aliphatic carbocycles. The van der Waals surface area contributed by atoms with Crippen molar-refractivity contribution in [1.82, 2.24) is 5.32 Å². The monoisotopic (exact) mass is 155 g/mol. The van der Waals surface area contributed by atoms with Crippen molar-refractivity contribution in [2.45, 2.75) is 31.7 Å². The maximum Gasteiger partial charge on any atom is 0.0507 e. The second-order valence-corrected chi connectivity index (χ2v) is 3.77. The fourth-order valence-corrected chi connectivity index (χ4v) is 1.69. The van der Waals surface area contributed by atoms with E-state index in [-0.39, 0.29) is 0 Å². The first-order chi connectivity index (χ1) is 5.45. The highest BCUT2D eigenvalue weighted by Gasteiger charge is 2.20. The van der Waals surface area contributed by atoms with E-state index in [4.69, 9.17) is 4.74 Å². The van der Waals surface area contributed by atoms with Gasteiger partial charge in [-0.3, -0.25) is 0 Å². The van der Waals surface area contributed by atoms with Gasteiger partial charge in [0.05, 0.1) is 6.61 Å². The third-order valence-electron chi connectivity index (χ3n) is 2.82. The van der Waals surface area contributed by atoms with Crippen LogP contribution in [-0.4, -0.2) is 25.8 Å². The molecule has 2 aliphatic rings. The summed E-state index contributed by atoms with van der Waals surface area (Å²) < 4.78 is 5.30. The number of nitrogens with one attached hydrogen (secondary N) is 1. The van der Waals surface area contributed by atoms with E-state index in [0.29, 0.717) is 0 Å². The first kappa shape index (κ1) is 7.56. The van der Waals surface area contributed by atoms with Crippen molar-refractivity contribution >= 4 is 0 Å². The Labute approximate surface area is 68.3 Å². The third-order valence-corrected chi connectivity index (χ3v) is 2.82. The Morgan fingerprint density at radius 1 is 1.27 bits per heavy atom. The largest absolute Gasteiger partial charge is 0.381 e. The standard InChI is InChI=1S/C9H17NO/c1-2-9(3-1)10-6-8-4-5-11-7-8/h8-10H,1-7H2. The zero-order chi connectivity index (χ0) is 7.52. The van der Waals surface area contributed by atoms with Crippen LogP contribution in [0.4, 0.5) is 0 Å². The van der Waals surface area contributed by atoms with Gasteiger partial charge < -0.3 is 10.1 Å². The van der Waals surface area contributed by atoms with Gasteiger partial charge in [-0.2, -0.15) is 0 Å². The molecule has 2 rings (SSSR count). The molecule has 0 bridgehead atoms. The fourth-order valence-electron chi connectivity index (χ4n) is 1.69. The highest BCUT2D eigenvalue weighted by atomic mass is 16.5. The molecule has 1 atom stereocenters. The molecule has 0 aromatic carbocycles. The second-order valence-electron chi connectivity index (χ2n) is 3.77. The van der Waals surface area contributed by atoms with Crippen LogP contribution < -0.4 is 5.32 Å². The van der Waals surface area contributed by atoms with E-state index in [0.717, 1.165) is 25.2 Å². The molecule has 0 aromatic heterocycles. The van der Waals surface area contributed by atoms with Gasteiger partial charge in [-0.05, 0) is 25.2 Å². The molecule has 11 heavy (non-hydrogen) atoms. The lowest BCUT2D eigenvalue weighted by atomic mass is 9.92. The number of rotatable bonds is 3. The van der Waals surface area contributed by atoms with Crippen molar-refractivity contribution in [3.8, 4) is 0 Å². The van der Waals surface area contributed by atoms with Crippen molar-refractivity contribution in [3.05, 3.63) is 0 Å². The topological polar surface area (TPSA) is 21.3 Å². The van der Waals surface area contributed by atoms with Gasteiger partial charge in [0, 0.05) is 19.2 Å². The zero-order valence-corrected chi connectivity index (χ0v) is 7.01. The van der Waals surface area contributed by atoms with Crippen LogP contribution in [0.15, 0.2) is 0 Å². The van der Waals surface area contributed by atoms with Crippen molar-refractivity contribution in [1.29, 1.82) is 0 Å². The molecule has 1 heterocycles. The molecule has 0 radical (unpaired) electrons. The Bertz CT molecular complexity index is 117. The van der Waals surface area contributed by atoms with Gasteiger partial charge in [0.15, 0.2) is 0 Å². The van der Waals surface area contributed by atoms with Crippen LogP contribution in [0.5, 0.6) is 0 Å². The molecule has 2 heteroatoms. The molecule has 0 spiro atoms. The highest BCUT2D eigenvalue weighted by molar-refractivity contribution is 4.78. The first-order valence-corrected chi connectivity index (χ1v) is 4.76. The Balaban J connectivity index is 1.57. The molecule has 1 unspecified atom stereocenters. The average molecular weight is 155 g/mol. The van der Waals surface area contributed by atoms with Gasteiger partial charge in [0.1, 0.15) is 0 Å². The van der Waals surface area contributed by atoms with Gasteiger partial charge in [0.25, 0.3) is 0 Å². The summed E-state index contributed by atoms with van der Waals surface area (Å²) in [7, 11) is 0. The number of hydrogen-bond donors (Lipinski definition) is 1. The highest BCUT2D eigenvalue weighted by Crippen LogP contribution is 2.19. The average Bonchev–Trinajstić information content (AvgIpc) is 2.36. The molecule has 1 aliphatic heterocycles. The van der Waals surface area contributed by atoms with Crippen molar-refractivity contribution in [3.63, 3.8) is 0 Å². The van der Waals surface area contributed by atoms with Gasteiger partial charge in [0.2, 0.25) is 0 Å². The van der Waals surface area contributed by atoms with E-state index in [1.165, 1.54) is 32.2 Å². The van der Waals surface area contributed by atoms with Crippen LogP contribution in [0.3, 0.4) is 0 Å². The Morgan fingerprint density at radius 3 is 2.73 bits per heavy atom. The van der Waals surface area contributed by atoms with Gasteiger partial charge in [-0.15, -0.1) is 0 Å². The first-order valence-electron chi connectivity index (χ1n) is 4.76. The normalized spacial score (nSPS) is 32.2. The summed E-state index contributed by atoms with van der Waals surface area (Å²) in [5, 5.41) is 3.58. The van der Waals surface area contributed by atoms with Crippen LogP contribution >= 0.6 is 0 Å². The van der Waals surface area contributed by atoms with Crippen LogP contribution in [0.25, 0.3) is 0 Å². The van der Waals surface area contributed by atoms with Crippen molar-refractivity contribution in [2.75, 3.05) is 19.8 Å². The predicted molar refractivity (Wildman–Crippen MR) is 44.6 cm³/mol. The molecule has 64 valence electrons. The second kappa shape index (κ2) is 3.55. The van der Waals surface area contributed by atoms with E-state index >= 15 is 0 Å². The van der Waals surface area contributed by atoms with Gasteiger partial charge in [-0.1, -0.05) is 6.42 Å². The molecule has 2 nitrogen and oxygen atoms in total. The molecule has 1 saturated heterocycles. The summed E-state index contributed by atoms with van der Waals surface area (Å²) in [6, 6.07) is 0.843. The number of ether oxygens (including phenoxy) is 1. The minimum absolute atomic E-state index is 0.801. The van der Waals surface area contributed by atoms with Crippen LogP contribution in [0, 0.1) is 5.92 Å². The molecule has 1 N–H and O–H groups in total. The van der Waals surface area contributed by atoms with E-state index in [1.807, 2.05) is 0 Å². The van der Waals surface area contributed by atoms with Crippen LogP contribution in [0.2, 0.25) is 0 Å². The maximum atomic E-state index is 5.30. The molecular weight excluding hydrogens is 138 g/mol. The summed E-state index contributed by atoms with van der Waals surface area (Å²) in [4.78, 5) is 0. The summed E-state index contributed by atoms with van der Waals surface area (Å²) in [6.07, 6.45) is 5.49. The summed E-state index contributed by atoms with van der Waals surface area (Å²) in [6.45, 7) is 3.15. The van der Waals surface area contributed by atoms with Gasteiger partial charge in [-0.25, -0.2) is 0 Å². The quantitative estimate of drug-likeness (QED) is 0.660. The molecule has 0 amide bonds. The lowest BCUT2D eigenvalue weighted by Crippen LogP contribution is -2.38. The SMILES string of the molecule is C1CC(NCC2CCOC2)C1. The van der Waals surface area contributed by atoms with Crippen molar-refractivity contribution in [2.24, 2.45) is 5.92 Å². The van der Waals surface area contributed by atoms with E-state index in [9.17, 15) is 0 Å². The Hall–Kier alpha value is -0.0800. The van der Waals surface area contributed by atoms with Crippen LogP contribution in [-0.2, 0) is 4.74 Å². The minimum atomic E-state index is 0.801. The predicted octanol–water partition coefficient (Wildman–Crippen LogP) is 1.17. The Morgan fingerprint density at radius 2 is 2.18 bits per heavy atom. The zero-order valence-electron chi connectivity index (χ0n) is 7.01. The van der Waals surface area contributed by atoms with Gasteiger partial charge >= 0.3 is 0 Å². The maximum absolute atomic E-state index is 5.30. The summed E-state index contributed by atoms with van der Waals surface area (Å²) in [5.41, 5.74) is 0.